The van der Waals surface area contributed by atoms with Crippen LogP contribution in [0.2, 0.25) is 0 Å². The molecule has 0 fully saturated rings. The molecule has 9 heteroatoms. The van der Waals surface area contributed by atoms with E-state index < -0.39 is 22.2 Å². The minimum Gasteiger partial charge on any atom is -0.497 e. The van der Waals surface area contributed by atoms with Crippen molar-refractivity contribution in [2.24, 2.45) is 0 Å². The van der Waals surface area contributed by atoms with Crippen LogP contribution in [0.25, 0.3) is 0 Å². The van der Waals surface area contributed by atoms with E-state index in [1.165, 1.54) is 25.3 Å². The molecule has 0 N–H and O–H groups in total. The van der Waals surface area contributed by atoms with Crippen molar-refractivity contribution in [1.29, 1.82) is 0 Å². The van der Waals surface area contributed by atoms with Crippen molar-refractivity contribution in [2.75, 3.05) is 7.11 Å². The third-order valence-corrected chi connectivity index (χ3v) is 3.85. The first-order valence-corrected chi connectivity index (χ1v) is 7.55. The molecule has 0 aromatic heterocycles. The summed E-state index contributed by atoms with van der Waals surface area (Å²) in [5, 5.41) is 0. The normalized spacial score (nSPS) is 11.8. The molecular weight excluding hydrogens is 337 g/mol. The van der Waals surface area contributed by atoms with Gasteiger partial charge in [0, 0.05) is 6.07 Å². The molecular formula is C14H11F3O5S. The highest BCUT2D eigenvalue weighted by atomic mass is 32.2. The molecule has 0 atom stereocenters. The smallest absolute Gasteiger partial charge is 0.497 e. The lowest BCUT2D eigenvalue weighted by Crippen LogP contribution is -2.17. The van der Waals surface area contributed by atoms with Crippen molar-refractivity contribution < 1.29 is 35.2 Å². The maximum absolute atomic E-state index is 12.1. The Morgan fingerprint density at radius 2 is 1.52 bits per heavy atom. The molecule has 0 unspecified atom stereocenters. The summed E-state index contributed by atoms with van der Waals surface area (Å²) in [6.07, 6.45) is -4.85. The maximum Gasteiger partial charge on any atom is 0.573 e. The van der Waals surface area contributed by atoms with Gasteiger partial charge in [0.1, 0.15) is 22.1 Å². The highest BCUT2D eigenvalue weighted by Gasteiger charge is 2.31. The van der Waals surface area contributed by atoms with Crippen LogP contribution < -0.4 is 13.7 Å². The SMILES string of the molecule is COc1cccc(OS(=O)(=O)c2ccc(OC(F)(F)F)cc2)c1. The summed E-state index contributed by atoms with van der Waals surface area (Å²) in [6.45, 7) is 0. The Labute approximate surface area is 130 Å². The average Bonchev–Trinajstić information content (AvgIpc) is 2.46. The van der Waals surface area contributed by atoms with E-state index in [0.717, 1.165) is 24.3 Å². The number of rotatable bonds is 5. The Bertz CT molecular complexity index is 770. The average molecular weight is 348 g/mol. The zero-order valence-electron chi connectivity index (χ0n) is 11.7. The molecule has 0 radical (unpaired) electrons. The fraction of sp³-hybridized carbons (Fsp3) is 0.143. The Kier molecular flexibility index (Phi) is 4.69. The van der Waals surface area contributed by atoms with E-state index in [-0.39, 0.29) is 10.6 Å². The first-order chi connectivity index (χ1) is 10.7. The van der Waals surface area contributed by atoms with Crippen molar-refractivity contribution >= 4 is 10.1 Å². The van der Waals surface area contributed by atoms with E-state index in [1.807, 2.05) is 0 Å². The summed E-state index contributed by atoms with van der Waals surface area (Å²) >= 11 is 0. The lowest BCUT2D eigenvalue weighted by molar-refractivity contribution is -0.274. The van der Waals surface area contributed by atoms with Gasteiger partial charge in [-0.15, -0.1) is 13.2 Å². The van der Waals surface area contributed by atoms with Crippen LogP contribution in [0.3, 0.4) is 0 Å². The number of benzene rings is 2. The van der Waals surface area contributed by atoms with Gasteiger partial charge in [0.2, 0.25) is 0 Å². The number of methoxy groups -OCH3 is 1. The Morgan fingerprint density at radius 3 is 2.09 bits per heavy atom. The van der Waals surface area contributed by atoms with Crippen LogP contribution in [0, 0.1) is 0 Å². The van der Waals surface area contributed by atoms with Crippen LogP contribution in [0.1, 0.15) is 0 Å². The quantitative estimate of drug-likeness (QED) is 0.776. The molecule has 0 saturated heterocycles. The molecule has 2 aromatic carbocycles. The lowest BCUT2D eigenvalue weighted by atomic mass is 10.3. The van der Waals surface area contributed by atoms with E-state index in [2.05, 4.69) is 4.74 Å². The van der Waals surface area contributed by atoms with Crippen LogP contribution in [0.15, 0.2) is 53.4 Å². The summed E-state index contributed by atoms with van der Waals surface area (Å²) in [6, 6.07) is 9.57. The van der Waals surface area contributed by atoms with Gasteiger partial charge in [-0.3, -0.25) is 0 Å². The summed E-state index contributed by atoms with van der Waals surface area (Å²) in [5.74, 6) is -0.121. The Morgan fingerprint density at radius 1 is 0.913 bits per heavy atom. The monoisotopic (exact) mass is 348 g/mol. The highest BCUT2D eigenvalue weighted by molar-refractivity contribution is 7.87. The molecule has 2 rings (SSSR count). The van der Waals surface area contributed by atoms with E-state index in [0.29, 0.717) is 5.75 Å². The first kappa shape index (κ1) is 16.9. The first-order valence-electron chi connectivity index (χ1n) is 6.14. The molecule has 0 aliphatic carbocycles. The molecule has 0 aliphatic heterocycles. The molecule has 5 nitrogen and oxygen atoms in total. The molecule has 0 heterocycles. The fourth-order valence-electron chi connectivity index (χ4n) is 1.64. The Hall–Kier alpha value is -2.42. The predicted octanol–water partition coefficient (Wildman–Crippen LogP) is 3.36. The molecule has 0 amide bonds. The van der Waals surface area contributed by atoms with E-state index in [1.54, 1.807) is 6.07 Å². The van der Waals surface area contributed by atoms with E-state index >= 15 is 0 Å². The number of alkyl halides is 3. The summed E-state index contributed by atoms with van der Waals surface area (Å²) in [5.41, 5.74) is 0. The van der Waals surface area contributed by atoms with Crippen LogP contribution in [0.4, 0.5) is 13.2 Å². The minimum atomic E-state index is -4.85. The van der Waals surface area contributed by atoms with Gasteiger partial charge in [0.15, 0.2) is 0 Å². The van der Waals surface area contributed by atoms with Crippen LogP contribution in [-0.2, 0) is 10.1 Å². The largest absolute Gasteiger partial charge is 0.573 e. The highest BCUT2D eigenvalue weighted by Crippen LogP contribution is 2.26. The van der Waals surface area contributed by atoms with E-state index in [4.69, 9.17) is 8.92 Å². The number of hydrogen-bond acceptors (Lipinski definition) is 5. The molecule has 0 spiro atoms. The van der Waals surface area contributed by atoms with Gasteiger partial charge < -0.3 is 13.7 Å². The van der Waals surface area contributed by atoms with Crippen LogP contribution in [-0.4, -0.2) is 21.9 Å². The summed E-state index contributed by atoms with van der Waals surface area (Å²) in [4.78, 5) is -0.310. The van der Waals surface area contributed by atoms with Crippen molar-refractivity contribution in [1.82, 2.24) is 0 Å². The predicted molar refractivity (Wildman–Crippen MR) is 73.9 cm³/mol. The number of ether oxygens (including phenoxy) is 2. The third kappa shape index (κ3) is 4.78. The second-order valence-electron chi connectivity index (χ2n) is 4.24. The fourth-order valence-corrected chi connectivity index (χ4v) is 2.56. The second-order valence-corrected chi connectivity index (χ2v) is 5.78. The zero-order valence-corrected chi connectivity index (χ0v) is 12.5. The molecule has 0 aliphatic rings. The molecule has 0 bridgehead atoms. The van der Waals surface area contributed by atoms with Crippen molar-refractivity contribution in [2.45, 2.75) is 11.3 Å². The van der Waals surface area contributed by atoms with Crippen molar-refractivity contribution in [3.63, 3.8) is 0 Å². The molecule has 0 saturated carbocycles. The zero-order chi connectivity index (χ0) is 17.1. The van der Waals surface area contributed by atoms with Gasteiger partial charge in [0.05, 0.1) is 7.11 Å². The second kappa shape index (κ2) is 6.37. The molecule has 124 valence electrons. The van der Waals surface area contributed by atoms with Gasteiger partial charge >= 0.3 is 16.5 Å². The maximum atomic E-state index is 12.1. The molecule has 2 aromatic rings. The number of halogens is 3. The van der Waals surface area contributed by atoms with Gasteiger partial charge in [-0.05, 0) is 36.4 Å². The van der Waals surface area contributed by atoms with Gasteiger partial charge in [-0.25, -0.2) is 0 Å². The minimum absolute atomic E-state index is 0.0139. The number of hydrogen-bond donors (Lipinski definition) is 0. The lowest BCUT2D eigenvalue weighted by Gasteiger charge is -2.10. The topological polar surface area (TPSA) is 61.8 Å². The van der Waals surface area contributed by atoms with Crippen LogP contribution in [0.5, 0.6) is 17.2 Å². The Balaban J connectivity index is 2.19. The molecule has 23 heavy (non-hydrogen) atoms. The third-order valence-electron chi connectivity index (χ3n) is 2.59. The van der Waals surface area contributed by atoms with E-state index in [9.17, 15) is 21.6 Å². The van der Waals surface area contributed by atoms with Crippen molar-refractivity contribution in [3.8, 4) is 17.2 Å². The van der Waals surface area contributed by atoms with Crippen molar-refractivity contribution in [3.05, 3.63) is 48.5 Å². The standard InChI is InChI=1S/C14H11F3O5S/c1-20-11-3-2-4-12(9-11)22-23(18,19)13-7-5-10(6-8-13)21-14(15,16)17/h2-9H,1H3. The van der Waals surface area contributed by atoms with Gasteiger partial charge in [0.25, 0.3) is 0 Å². The van der Waals surface area contributed by atoms with Gasteiger partial charge in [-0.2, -0.15) is 8.42 Å². The summed E-state index contributed by atoms with van der Waals surface area (Å²) < 4.78 is 73.8. The summed E-state index contributed by atoms with van der Waals surface area (Å²) in [7, 11) is -2.78. The van der Waals surface area contributed by atoms with Crippen LogP contribution >= 0.6 is 0 Å². The van der Waals surface area contributed by atoms with Gasteiger partial charge in [-0.1, -0.05) is 6.07 Å².